The number of hydrogen-bond donors (Lipinski definition) is 1. The summed E-state index contributed by atoms with van der Waals surface area (Å²) in [6, 6.07) is 0.384. The first-order valence-corrected chi connectivity index (χ1v) is 7.40. The van der Waals surface area contributed by atoms with E-state index >= 15 is 0 Å². The van der Waals surface area contributed by atoms with Crippen LogP contribution in [0.3, 0.4) is 0 Å². The minimum atomic E-state index is -2.54. The molecule has 0 radical (unpaired) electrons. The quantitative estimate of drug-likeness (QED) is 0.919. The molecule has 2 heterocycles. The van der Waals surface area contributed by atoms with Crippen molar-refractivity contribution in [1.82, 2.24) is 19.4 Å². The van der Waals surface area contributed by atoms with Crippen LogP contribution in [0, 0.1) is 0 Å². The van der Waals surface area contributed by atoms with E-state index in [1.807, 2.05) is 4.57 Å². The summed E-state index contributed by atoms with van der Waals surface area (Å²) in [5, 5.41) is 3.49. The Morgan fingerprint density at radius 3 is 3.05 bits per heavy atom. The summed E-state index contributed by atoms with van der Waals surface area (Å²) in [4.78, 5) is 4.04. The summed E-state index contributed by atoms with van der Waals surface area (Å²) in [5.74, 6) is 0.386. The monoisotopic (exact) mass is 294 g/mol. The van der Waals surface area contributed by atoms with E-state index in [9.17, 15) is 8.78 Å². The average Bonchev–Trinajstić information content (AvgIpc) is 3.06. The Kier molecular flexibility index (Phi) is 4.05. The Balaban J connectivity index is 1.82. The second-order valence-corrected chi connectivity index (χ2v) is 5.44. The van der Waals surface area contributed by atoms with E-state index < -0.39 is 6.55 Å². The van der Waals surface area contributed by atoms with E-state index in [1.165, 1.54) is 29.9 Å². The van der Waals surface area contributed by atoms with Crippen LogP contribution in [0.1, 0.15) is 49.3 Å². The second kappa shape index (κ2) is 5.97. The zero-order valence-electron chi connectivity index (χ0n) is 12.1. The molecule has 114 valence electrons. The van der Waals surface area contributed by atoms with E-state index in [-0.39, 0.29) is 0 Å². The molecule has 1 aliphatic rings. The van der Waals surface area contributed by atoms with Crippen molar-refractivity contribution in [3.05, 3.63) is 41.7 Å². The Morgan fingerprint density at radius 1 is 1.43 bits per heavy atom. The molecule has 2 aromatic rings. The third-order valence-corrected chi connectivity index (χ3v) is 4.05. The molecule has 4 nitrogen and oxygen atoms in total. The highest BCUT2D eigenvalue weighted by molar-refractivity contribution is 5.30. The number of fused-ring (bicyclic) bond motifs is 1. The predicted molar refractivity (Wildman–Crippen MR) is 76.4 cm³/mol. The molecule has 0 bridgehead atoms. The van der Waals surface area contributed by atoms with Crippen molar-refractivity contribution in [2.24, 2.45) is 0 Å². The van der Waals surface area contributed by atoms with Crippen LogP contribution in [0.4, 0.5) is 8.78 Å². The molecule has 0 spiro atoms. The molecule has 0 saturated heterocycles. The molecule has 21 heavy (non-hydrogen) atoms. The molecular weight excluding hydrogens is 274 g/mol. The molecule has 1 aliphatic carbocycles. The Morgan fingerprint density at radius 2 is 2.29 bits per heavy atom. The van der Waals surface area contributed by atoms with E-state index in [1.54, 1.807) is 0 Å². The van der Waals surface area contributed by atoms with Crippen molar-refractivity contribution < 1.29 is 8.78 Å². The van der Waals surface area contributed by atoms with Gasteiger partial charge in [-0.1, -0.05) is 6.92 Å². The maximum atomic E-state index is 12.9. The molecule has 1 unspecified atom stereocenters. The SMILES string of the molecule is CCNC1CCCc2cn(Cc3nccn3C(F)F)cc21. The van der Waals surface area contributed by atoms with Crippen LogP contribution in [0.15, 0.2) is 24.8 Å². The summed E-state index contributed by atoms with van der Waals surface area (Å²) in [6.45, 7) is 0.876. The summed E-state index contributed by atoms with van der Waals surface area (Å²) < 4.78 is 28.6. The van der Waals surface area contributed by atoms with Crippen molar-refractivity contribution in [1.29, 1.82) is 0 Å². The van der Waals surface area contributed by atoms with Gasteiger partial charge in [0.2, 0.25) is 0 Å². The van der Waals surface area contributed by atoms with Gasteiger partial charge in [0.25, 0.3) is 0 Å². The van der Waals surface area contributed by atoms with Gasteiger partial charge in [0.05, 0.1) is 6.54 Å². The van der Waals surface area contributed by atoms with Gasteiger partial charge in [-0.15, -0.1) is 0 Å². The van der Waals surface area contributed by atoms with Crippen LogP contribution in [-0.4, -0.2) is 20.7 Å². The van der Waals surface area contributed by atoms with Gasteiger partial charge in [-0.2, -0.15) is 8.78 Å². The van der Waals surface area contributed by atoms with Crippen LogP contribution in [-0.2, 0) is 13.0 Å². The highest BCUT2D eigenvalue weighted by Gasteiger charge is 2.21. The predicted octanol–water partition coefficient (Wildman–Crippen LogP) is 3.11. The van der Waals surface area contributed by atoms with Crippen molar-refractivity contribution in [2.75, 3.05) is 6.54 Å². The lowest BCUT2D eigenvalue weighted by molar-refractivity contribution is 0.0667. The molecule has 0 fully saturated rings. The van der Waals surface area contributed by atoms with Crippen molar-refractivity contribution >= 4 is 0 Å². The first-order chi connectivity index (χ1) is 10.2. The van der Waals surface area contributed by atoms with Crippen molar-refractivity contribution in [3.63, 3.8) is 0 Å². The Bertz CT molecular complexity index is 603. The molecule has 2 aromatic heterocycles. The minimum Gasteiger partial charge on any atom is -0.346 e. The molecule has 1 atom stereocenters. The molecular formula is C15H20F2N4. The molecule has 0 amide bonds. The Labute approximate surface area is 122 Å². The fraction of sp³-hybridized carbons (Fsp3) is 0.533. The van der Waals surface area contributed by atoms with Crippen molar-refractivity contribution in [2.45, 2.75) is 45.3 Å². The number of aromatic nitrogens is 3. The molecule has 0 saturated carbocycles. The number of nitrogens with zero attached hydrogens (tertiary/aromatic N) is 3. The molecule has 0 aromatic carbocycles. The lowest BCUT2D eigenvalue weighted by atomic mass is 9.91. The largest absolute Gasteiger partial charge is 0.346 e. The number of imidazole rings is 1. The van der Waals surface area contributed by atoms with Gasteiger partial charge in [0.15, 0.2) is 0 Å². The van der Waals surface area contributed by atoms with Gasteiger partial charge < -0.3 is 9.88 Å². The van der Waals surface area contributed by atoms with Gasteiger partial charge in [-0.05, 0) is 36.9 Å². The molecule has 3 rings (SSSR count). The van der Waals surface area contributed by atoms with Crippen molar-refractivity contribution in [3.8, 4) is 0 Å². The zero-order chi connectivity index (χ0) is 14.8. The molecule has 0 aliphatic heterocycles. The smallest absolute Gasteiger partial charge is 0.319 e. The van der Waals surface area contributed by atoms with Crippen LogP contribution in [0.25, 0.3) is 0 Å². The van der Waals surface area contributed by atoms with Gasteiger partial charge in [0, 0.05) is 30.8 Å². The number of rotatable bonds is 5. The van der Waals surface area contributed by atoms with Crippen LogP contribution in [0.5, 0.6) is 0 Å². The minimum absolute atomic E-state index is 0.378. The topological polar surface area (TPSA) is 34.8 Å². The van der Waals surface area contributed by atoms with Crippen LogP contribution < -0.4 is 5.32 Å². The summed E-state index contributed by atoms with van der Waals surface area (Å²) in [5.41, 5.74) is 2.63. The molecule has 1 N–H and O–H groups in total. The normalized spacial score (nSPS) is 18.2. The van der Waals surface area contributed by atoms with Gasteiger partial charge >= 0.3 is 6.55 Å². The zero-order valence-corrected chi connectivity index (χ0v) is 12.1. The Hall–Kier alpha value is -1.69. The maximum absolute atomic E-state index is 12.9. The third kappa shape index (κ3) is 2.85. The first-order valence-electron chi connectivity index (χ1n) is 7.40. The number of hydrogen-bond acceptors (Lipinski definition) is 2. The van der Waals surface area contributed by atoms with Crippen LogP contribution >= 0.6 is 0 Å². The number of alkyl halides is 2. The maximum Gasteiger partial charge on any atom is 0.319 e. The number of halogens is 2. The van der Waals surface area contributed by atoms with Crippen LogP contribution in [0.2, 0.25) is 0 Å². The lowest BCUT2D eigenvalue weighted by Crippen LogP contribution is -2.23. The average molecular weight is 294 g/mol. The fourth-order valence-electron chi connectivity index (χ4n) is 3.11. The standard InChI is InChI=1S/C15H20F2N4/c1-2-18-13-5-3-4-11-8-20(9-12(11)13)10-14-19-6-7-21(14)15(16)17/h6-9,13,15,18H,2-5,10H2,1H3. The number of nitrogens with one attached hydrogen (secondary N) is 1. The van der Waals surface area contributed by atoms with E-state index in [0.717, 1.165) is 24.0 Å². The lowest BCUT2D eigenvalue weighted by Gasteiger charge is -2.22. The number of aryl methyl sites for hydroxylation is 1. The van der Waals surface area contributed by atoms with Gasteiger partial charge in [-0.3, -0.25) is 4.57 Å². The third-order valence-electron chi connectivity index (χ3n) is 4.05. The summed E-state index contributed by atoms with van der Waals surface area (Å²) in [7, 11) is 0. The second-order valence-electron chi connectivity index (χ2n) is 5.44. The van der Waals surface area contributed by atoms with E-state index in [4.69, 9.17) is 0 Å². The van der Waals surface area contributed by atoms with Gasteiger partial charge in [0.1, 0.15) is 5.82 Å². The van der Waals surface area contributed by atoms with E-state index in [0.29, 0.717) is 18.4 Å². The summed E-state index contributed by atoms with van der Waals surface area (Å²) in [6.07, 6.45) is 10.3. The van der Waals surface area contributed by atoms with E-state index in [2.05, 4.69) is 29.6 Å². The highest BCUT2D eigenvalue weighted by atomic mass is 19.3. The summed E-state index contributed by atoms with van der Waals surface area (Å²) >= 11 is 0. The molecule has 6 heteroatoms. The van der Waals surface area contributed by atoms with Gasteiger partial charge in [-0.25, -0.2) is 4.98 Å². The fourth-order valence-corrected chi connectivity index (χ4v) is 3.11. The first kappa shape index (κ1) is 14.3. The highest BCUT2D eigenvalue weighted by Crippen LogP contribution is 2.30.